The molecule has 9 heteroatoms. The van der Waals surface area contributed by atoms with E-state index in [9.17, 15) is 23.1 Å². The number of piperidine rings is 1. The maximum atomic E-state index is 13.3. The standard InChI is InChI=1S/C25H30F3N3O3/c1-17-15-21(18-5-4-6-19(16-18)25(26,27)28)23(34-14-13-32)29-22(17)24(33)31-11-7-20(8-12-31)30-9-2-3-10-30/h4-6,15-16,20,32H,2-3,7-14H2,1H3. The second-order valence-corrected chi connectivity index (χ2v) is 8.92. The van der Waals surface area contributed by atoms with Crippen LogP contribution >= 0.6 is 0 Å². The van der Waals surface area contributed by atoms with Crippen molar-refractivity contribution in [3.63, 3.8) is 0 Å². The number of carbonyl (C=O) groups is 1. The van der Waals surface area contributed by atoms with Gasteiger partial charge in [0.15, 0.2) is 0 Å². The fraction of sp³-hybridized carbons (Fsp3) is 0.520. The summed E-state index contributed by atoms with van der Waals surface area (Å²) in [7, 11) is 0. The molecule has 2 fully saturated rings. The van der Waals surface area contributed by atoms with Crippen LogP contribution in [0.4, 0.5) is 13.2 Å². The van der Waals surface area contributed by atoms with E-state index in [0.717, 1.165) is 38.1 Å². The van der Waals surface area contributed by atoms with E-state index in [4.69, 9.17) is 4.74 Å². The predicted octanol–water partition coefficient (Wildman–Crippen LogP) is 4.15. The molecule has 0 aliphatic carbocycles. The average Bonchev–Trinajstić information content (AvgIpc) is 3.37. The quantitative estimate of drug-likeness (QED) is 0.677. The van der Waals surface area contributed by atoms with Gasteiger partial charge in [-0.05, 0) is 75.0 Å². The van der Waals surface area contributed by atoms with E-state index >= 15 is 0 Å². The van der Waals surface area contributed by atoms with Gasteiger partial charge in [-0.2, -0.15) is 13.2 Å². The monoisotopic (exact) mass is 477 g/mol. The van der Waals surface area contributed by atoms with Crippen LogP contribution in [0, 0.1) is 6.92 Å². The SMILES string of the molecule is Cc1cc(-c2cccc(C(F)(F)F)c2)c(OCCO)nc1C(=O)N1CCC(N2CCCC2)CC1. The Morgan fingerprint density at radius 3 is 2.50 bits per heavy atom. The number of ether oxygens (including phenoxy) is 1. The number of halogens is 3. The number of aryl methyl sites for hydroxylation is 1. The van der Waals surface area contributed by atoms with Gasteiger partial charge in [0.1, 0.15) is 12.3 Å². The molecule has 1 aromatic heterocycles. The van der Waals surface area contributed by atoms with Gasteiger partial charge in [0.25, 0.3) is 5.91 Å². The summed E-state index contributed by atoms with van der Waals surface area (Å²) in [5.41, 5.74) is 0.639. The zero-order valence-electron chi connectivity index (χ0n) is 19.3. The normalized spacial score (nSPS) is 17.9. The van der Waals surface area contributed by atoms with E-state index in [2.05, 4.69) is 9.88 Å². The molecular weight excluding hydrogens is 447 g/mol. The van der Waals surface area contributed by atoms with Crippen LogP contribution in [0.15, 0.2) is 30.3 Å². The highest BCUT2D eigenvalue weighted by Crippen LogP contribution is 2.36. The summed E-state index contributed by atoms with van der Waals surface area (Å²) in [5.74, 6) is -0.170. The molecule has 0 unspecified atom stereocenters. The summed E-state index contributed by atoms with van der Waals surface area (Å²) in [6, 6.07) is 7.05. The lowest BCUT2D eigenvalue weighted by molar-refractivity contribution is -0.137. The van der Waals surface area contributed by atoms with E-state index in [1.54, 1.807) is 24.0 Å². The zero-order valence-corrected chi connectivity index (χ0v) is 19.3. The molecular formula is C25H30F3N3O3. The zero-order chi connectivity index (χ0) is 24.3. The third-order valence-corrected chi connectivity index (χ3v) is 6.62. The Kier molecular flexibility index (Phi) is 7.42. The summed E-state index contributed by atoms with van der Waals surface area (Å²) in [4.78, 5) is 22.0. The van der Waals surface area contributed by atoms with Crippen molar-refractivity contribution in [1.82, 2.24) is 14.8 Å². The summed E-state index contributed by atoms with van der Waals surface area (Å²) in [5, 5.41) is 9.21. The molecule has 2 aliphatic heterocycles. The molecule has 6 nitrogen and oxygen atoms in total. The fourth-order valence-corrected chi connectivity index (χ4v) is 4.83. The van der Waals surface area contributed by atoms with Crippen molar-refractivity contribution in [3.8, 4) is 17.0 Å². The molecule has 0 saturated carbocycles. The predicted molar refractivity (Wildman–Crippen MR) is 122 cm³/mol. The fourth-order valence-electron chi connectivity index (χ4n) is 4.83. The Morgan fingerprint density at radius 2 is 1.85 bits per heavy atom. The number of aliphatic hydroxyl groups is 1. The molecule has 4 rings (SSSR count). The summed E-state index contributed by atoms with van der Waals surface area (Å²) < 4.78 is 45.3. The topological polar surface area (TPSA) is 65.9 Å². The van der Waals surface area contributed by atoms with Crippen molar-refractivity contribution in [2.75, 3.05) is 39.4 Å². The van der Waals surface area contributed by atoms with Crippen LogP contribution in [0.5, 0.6) is 5.88 Å². The summed E-state index contributed by atoms with van der Waals surface area (Å²) in [6.45, 7) is 4.89. The van der Waals surface area contributed by atoms with Gasteiger partial charge in [-0.3, -0.25) is 4.79 Å². The first-order chi connectivity index (χ1) is 16.3. The molecule has 2 aliphatic rings. The molecule has 1 aromatic carbocycles. The van der Waals surface area contributed by atoms with Crippen molar-refractivity contribution in [2.45, 2.75) is 44.8 Å². The minimum atomic E-state index is -4.48. The van der Waals surface area contributed by atoms with Crippen molar-refractivity contribution in [1.29, 1.82) is 0 Å². The molecule has 34 heavy (non-hydrogen) atoms. The molecule has 1 amide bonds. The van der Waals surface area contributed by atoms with Crippen LogP contribution in [0.1, 0.15) is 47.3 Å². The lowest BCUT2D eigenvalue weighted by Gasteiger charge is -2.36. The molecule has 0 atom stereocenters. The second kappa shape index (κ2) is 10.3. The van der Waals surface area contributed by atoms with Gasteiger partial charge in [0, 0.05) is 24.7 Å². The lowest BCUT2D eigenvalue weighted by Crippen LogP contribution is -2.46. The number of benzene rings is 1. The van der Waals surface area contributed by atoms with Gasteiger partial charge in [-0.1, -0.05) is 12.1 Å². The minimum absolute atomic E-state index is 0.0364. The number of amides is 1. The summed E-state index contributed by atoms with van der Waals surface area (Å²) in [6.07, 6.45) is -0.183. The Balaban J connectivity index is 1.59. The number of rotatable bonds is 6. The van der Waals surface area contributed by atoms with Gasteiger partial charge in [0.05, 0.1) is 12.2 Å². The van der Waals surface area contributed by atoms with Crippen LogP contribution < -0.4 is 4.74 Å². The van der Waals surface area contributed by atoms with Gasteiger partial charge < -0.3 is 19.6 Å². The first-order valence-electron chi connectivity index (χ1n) is 11.7. The number of aromatic nitrogens is 1. The van der Waals surface area contributed by atoms with Crippen LogP contribution in [0.25, 0.3) is 11.1 Å². The van der Waals surface area contributed by atoms with E-state index in [1.165, 1.54) is 18.9 Å². The Bertz CT molecular complexity index is 1010. The molecule has 0 radical (unpaired) electrons. The first kappa shape index (κ1) is 24.5. The van der Waals surface area contributed by atoms with Crippen molar-refractivity contribution in [2.24, 2.45) is 0 Å². The van der Waals surface area contributed by atoms with E-state index < -0.39 is 11.7 Å². The Labute approximate surface area is 197 Å². The van der Waals surface area contributed by atoms with Crippen molar-refractivity contribution < 1.29 is 27.8 Å². The van der Waals surface area contributed by atoms with E-state index in [1.807, 2.05) is 0 Å². The first-order valence-corrected chi connectivity index (χ1v) is 11.7. The number of hydrogen-bond acceptors (Lipinski definition) is 5. The largest absolute Gasteiger partial charge is 0.475 e. The number of pyridine rings is 1. The highest BCUT2D eigenvalue weighted by molar-refractivity contribution is 5.94. The number of likely N-dealkylation sites (tertiary alicyclic amines) is 2. The molecule has 184 valence electrons. The minimum Gasteiger partial charge on any atom is -0.475 e. The third kappa shape index (κ3) is 5.36. The van der Waals surface area contributed by atoms with Crippen LogP contribution in [0.2, 0.25) is 0 Å². The maximum Gasteiger partial charge on any atom is 0.416 e. The number of hydrogen-bond donors (Lipinski definition) is 1. The van der Waals surface area contributed by atoms with Crippen LogP contribution in [-0.2, 0) is 6.18 Å². The summed E-state index contributed by atoms with van der Waals surface area (Å²) >= 11 is 0. The van der Waals surface area contributed by atoms with Crippen molar-refractivity contribution >= 4 is 5.91 Å². The Hall–Kier alpha value is -2.65. The van der Waals surface area contributed by atoms with E-state index in [-0.39, 0.29) is 36.3 Å². The number of aliphatic hydroxyl groups excluding tert-OH is 1. The average molecular weight is 478 g/mol. The number of carbonyl (C=O) groups excluding carboxylic acids is 1. The molecule has 2 saturated heterocycles. The highest BCUT2D eigenvalue weighted by atomic mass is 19.4. The number of alkyl halides is 3. The molecule has 3 heterocycles. The Morgan fingerprint density at radius 1 is 1.15 bits per heavy atom. The van der Waals surface area contributed by atoms with Gasteiger partial charge in [-0.25, -0.2) is 4.98 Å². The van der Waals surface area contributed by atoms with E-state index in [0.29, 0.717) is 30.3 Å². The van der Waals surface area contributed by atoms with Crippen molar-refractivity contribution in [3.05, 3.63) is 47.2 Å². The number of nitrogens with zero attached hydrogens (tertiary/aromatic N) is 3. The van der Waals surface area contributed by atoms with Gasteiger partial charge >= 0.3 is 6.18 Å². The molecule has 0 bridgehead atoms. The van der Waals surface area contributed by atoms with Crippen LogP contribution in [0.3, 0.4) is 0 Å². The maximum absolute atomic E-state index is 13.3. The third-order valence-electron chi connectivity index (χ3n) is 6.62. The lowest BCUT2D eigenvalue weighted by atomic mass is 10.00. The van der Waals surface area contributed by atoms with Gasteiger partial charge in [0.2, 0.25) is 5.88 Å². The second-order valence-electron chi connectivity index (χ2n) is 8.92. The van der Waals surface area contributed by atoms with Gasteiger partial charge in [-0.15, -0.1) is 0 Å². The highest BCUT2D eigenvalue weighted by Gasteiger charge is 2.32. The molecule has 1 N–H and O–H groups in total. The smallest absolute Gasteiger partial charge is 0.416 e. The van der Waals surface area contributed by atoms with Crippen LogP contribution in [-0.4, -0.2) is 71.2 Å². The molecule has 0 spiro atoms. The molecule has 2 aromatic rings.